The van der Waals surface area contributed by atoms with Gasteiger partial charge >= 0.3 is 0 Å². The fourth-order valence-corrected chi connectivity index (χ4v) is 2.34. The summed E-state index contributed by atoms with van der Waals surface area (Å²) in [5.41, 5.74) is 4.57. The minimum Gasteiger partial charge on any atom is -0.388 e. The van der Waals surface area contributed by atoms with Gasteiger partial charge in [-0.05, 0) is 23.8 Å². The zero-order valence-corrected chi connectivity index (χ0v) is 10.5. The summed E-state index contributed by atoms with van der Waals surface area (Å²) in [7, 11) is 3.96. The van der Waals surface area contributed by atoms with Crippen LogP contribution in [0.1, 0.15) is 0 Å². The Hall–Kier alpha value is -2.29. The van der Waals surface area contributed by atoms with Crippen molar-refractivity contribution >= 4 is 16.7 Å². The molecule has 0 radical (unpaired) electrons. The maximum atomic E-state index is 4.42. The number of rotatable bonds is 2. The Morgan fingerprint density at radius 2 is 1.89 bits per heavy atom. The van der Waals surface area contributed by atoms with Crippen LogP contribution < -0.4 is 5.32 Å². The van der Waals surface area contributed by atoms with Crippen molar-refractivity contribution < 1.29 is 0 Å². The van der Waals surface area contributed by atoms with Crippen molar-refractivity contribution in [3.63, 3.8) is 0 Å². The van der Waals surface area contributed by atoms with Gasteiger partial charge in [-0.1, -0.05) is 18.2 Å². The van der Waals surface area contributed by atoms with Crippen molar-refractivity contribution in [3.05, 3.63) is 48.8 Å². The molecule has 0 spiro atoms. The van der Waals surface area contributed by atoms with Crippen LogP contribution in [0, 0.1) is 0 Å². The van der Waals surface area contributed by atoms with Gasteiger partial charge in [0.25, 0.3) is 0 Å². The number of hydrogen-bond donors (Lipinski definition) is 1. The molecule has 0 bridgehead atoms. The van der Waals surface area contributed by atoms with Gasteiger partial charge < -0.3 is 9.88 Å². The second kappa shape index (κ2) is 4.18. The maximum absolute atomic E-state index is 4.42. The van der Waals surface area contributed by atoms with Gasteiger partial charge in [0.1, 0.15) is 5.65 Å². The minimum absolute atomic E-state index is 1.01. The van der Waals surface area contributed by atoms with E-state index in [2.05, 4.69) is 40.6 Å². The summed E-state index contributed by atoms with van der Waals surface area (Å²) in [6.45, 7) is 0. The monoisotopic (exact) mass is 237 g/mol. The van der Waals surface area contributed by atoms with Gasteiger partial charge in [0.15, 0.2) is 0 Å². The molecule has 90 valence electrons. The van der Waals surface area contributed by atoms with Gasteiger partial charge in [0.05, 0.1) is 0 Å². The van der Waals surface area contributed by atoms with Crippen molar-refractivity contribution in [1.82, 2.24) is 9.55 Å². The fourth-order valence-electron chi connectivity index (χ4n) is 2.34. The topological polar surface area (TPSA) is 29.9 Å². The van der Waals surface area contributed by atoms with Gasteiger partial charge in [0, 0.05) is 43.1 Å². The van der Waals surface area contributed by atoms with E-state index in [1.54, 1.807) is 0 Å². The third-order valence-corrected chi connectivity index (χ3v) is 3.25. The highest BCUT2D eigenvalue weighted by atomic mass is 15.0. The van der Waals surface area contributed by atoms with Crippen LogP contribution in [-0.4, -0.2) is 16.6 Å². The molecule has 2 heterocycles. The molecule has 0 unspecified atom stereocenters. The molecule has 0 saturated heterocycles. The van der Waals surface area contributed by atoms with Gasteiger partial charge in [-0.15, -0.1) is 0 Å². The Morgan fingerprint density at radius 3 is 2.72 bits per heavy atom. The molecule has 0 saturated carbocycles. The molecule has 0 aliphatic heterocycles. The standard InChI is InChI=1S/C15H15N3/c1-16-14-6-4-3-5-12(14)11-7-9-17-15-13(11)8-10-18(15)2/h3-10,16H,1-2H3. The molecule has 0 aliphatic rings. The lowest BCUT2D eigenvalue weighted by Crippen LogP contribution is -1.93. The van der Waals surface area contributed by atoms with E-state index < -0.39 is 0 Å². The van der Waals surface area contributed by atoms with Crippen molar-refractivity contribution in [2.75, 3.05) is 12.4 Å². The lowest BCUT2D eigenvalue weighted by molar-refractivity contribution is 0.949. The Bertz CT molecular complexity index is 698. The van der Waals surface area contributed by atoms with Gasteiger partial charge in [-0.3, -0.25) is 0 Å². The molecule has 18 heavy (non-hydrogen) atoms. The molecule has 2 aromatic heterocycles. The number of nitrogens with zero attached hydrogens (tertiary/aromatic N) is 2. The van der Waals surface area contributed by atoms with E-state index in [4.69, 9.17) is 0 Å². The normalized spacial score (nSPS) is 10.8. The highest BCUT2D eigenvalue weighted by molar-refractivity contribution is 5.96. The van der Waals surface area contributed by atoms with Gasteiger partial charge in [0.2, 0.25) is 0 Å². The quantitative estimate of drug-likeness (QED) is 0.741. The van der Waals surface area contributed by atoms with Crippen LogP contribution in [0.25, 0.3) is 22.2 Å². The van der Waals surface area contributed by atoms with Crippen LogP contribution in [0.2, 0.25) is 0 Å². The van der Waals surface area contributed by atoms with E-state index >= 15 is 0 Å². The average molecular weight is 237 g/mol. The average Bonchev–Trinajstić information content (AvgIpc) is 2.81. The first-order chi connectivity index (χ1) is 8.81. The number of aryl methyl sites for hydroxylation is 1. The number of nitrogens with one attached hydrogen (secondary N) is 1. The van der Waals surface area contributed by atoms with Crippen LogP contribution in [0.5, 0.6) is 0 Å². The third-order valence-electron chi connectivity index (χ3n) is 3.25. The highest BCUT2D eigenvalue weighted by Crippen LogP contribution is 2.32. The van der Waals surface area contributed by atoms with Crippen LogP contribution >= 0.6 is 0 Å². The molecule has 1 N–H and O–H groups in total. The van der Waals surface area contributed by atoms with Crippen LogP contribution in [0.15, 0.2) is 48.8 Å². The summed E-state index contributed by atoms with van der Waals surface area (Å²) in [6, 6.07) is 12.5. The molecule has 0 aliphatic carbocycles. The van der Waals surface area contributed by atoms with Gasteiger partial charge in [-0.2, -0.15) is 0 Å². The van der Waals surface area contributed by atoms with Crippen LogP contribution in [-0.2, 0) is 7.05 Å². The first kappa shape index (κ1) is 10.8. The number of hydrogen-bond acceptors (Lipinski definition) is 2. The van der Waals surface area contributed by atoms with E-state index in [-0.39, 0.29) is 0 Å². The number of benzene rings is 1. The number of pyridine rings is 1. The zero-order chi connectivity index (χ0) is 12.5. The first-order valence-corrected chi connectivity index (χ1v) is 5.98. The van der Waals surface area contributed by atoms with Crippen molar-refractivity contribution in [2.24, 2.45) is 7.05 Å². The summed E-state index contributed by atoms with van der Waals surface area (Å²) in [6.07, 6.45) is 3.91. The largest absolute Gasteiger partial charge is 0.388 e. The maximum Gasteiger partial charge on any atom is 0.140 e. The second-order valence-electron chi connectivity index (χ2n) is 4.32. The molecule has 1 aromatic carbocycles. The Labute approximate surface area is 106 Å². The summed E-state index contributed by atoms with van der Waals surface area (Å²) >= 11 is 0. The number of para-hydroxylation sites is 1. The minimum atomic E-state index is 1.01. The second-order valence-corrected chi connectivity index (χ2v) is 4.32. The summed E-state index contributed by atoms with van der Waals surface area (Å²) in [5.74, 6) is 0. The molecular weight excluding hydrogens is 222 g/mol. The van der Waals surface area contributed by atoms with Crippen molar-refractivity contribution in [2.45, 2.75) is 0 Å². The molecule has 0 fully saturated rings. The first-order valence-electron chi connectivity index (χ1n) is 5.98. The lowest BCUT2D eigenvalue weighted by Gasteiger charge is -2.10. The molecule has 3 nitrogen and oxygen atoms in total. The van der Waals surface area contributed by atoms with Crippen molar-refractivity contribution in [1.29, 1.82) is 0 Å². The Balaban J connectivity index is 2.31. The van der Waals surface area contributed by atoms with E-state index in [1.807, 2.05) is 37.1 Å². The molecule has 0 atom stereocenters. The van der Waals surface area contributed by atoms with E-state index in [1.165, 1.54) is 16.5 Å². The van der Waals surface area contributed by atoms with Crippen LogP contribution in [0.3, 0.4) is 0 Å². The SMILES string of the molecule is CNc1ccccc1-c1ccnc2c1ccn2C. The molecule has 3 aromatic rings. The predicted octanol–water partition coefficient (Wildman–Crippen LogP) is 3.28. The number of aromatic nitrogens is 2. The van der Waals surface area contributed by atoms with Gasteiger partial charge in [-0.25, -0.2) is 4.98 Å². The summed E-state index contributed by atoms with van der Waals surface area (Å²) in [4.78, 5) is 4.42. The predicted molar refractivity (Wildman–Crippen MR) is 75.7 cm³/mol. The third kappa shape index (κ3) is 1.56. The molecule has 0 amide bonds. The molecule has 3 rings (SSSR count). The van der Waals surface area contributed by atoms with E-state index in [9.17, 15) is 0 Å². The molecule has 3 heteroatoms. The smallest absolute Gasteiger partial charge is 0.140 e. The molecular formula is C15H15N3. The summed E-state index contributed by atoms with van der Waals surface area (Å²) in [5, 5.41) is 4.42. The number of fused-ring (bicyclic) bond motifs is 1. The zero-order valence-electron chi connectivity index (χ0n) is 10.5. The fraction of sp³-hybridized carbons (Fsp3) is 0.133. The van der Waals surface area contributed by atoms with E-state index in [0.29, 0.717) is 0 Å². The van der Waals surface area contributed by atoms with E-state index in [0.717, 1.165) is 11.3 Å². The highest BCUT2D eigenvalue weighted by Gasteiger charge is 2.09. The Morgan fingerprint density at radius 1 is 1.06 bits per heavy atom. The Kier molecular flexibility index (Phi) is 2.52. The van der Waals surface area contributed by atoms with Crippen molar-refractivity contribution in [3.8, 4) is 11.1 Å². The van der Waals surface area contributed by atoms with Crippen LogP contribution in [0.4, 0.5) is 5.69 Å². The number of anilines is 1. The summed E-state index contributed by atoms with van der Waals surface area (Å²) < 4.78 is 2.04. The lowest BCUT2D eigenvalue weighted by atomic mass is 10.0.